The molecule has 0 aliphatic carbocycles. The highest BCUT2D eigenvalue weighted by Gasteiger charge is 2.00. The van der Waals surface area contributed by atoms with Crippen LogP contribution in [0.2, 0.25) is 0 Å². The lowest BCUT2D eigenvalue weighted by Crippen LogP contribution is -2.27. The molecule has 0 bridgehead atoms. The second-order valence-electron chi connectivity index (χ2n) is 4.74. The topological polar surface area (TPSA) is 38.3 Å². The molecule has 2 aromatic carbocycles. The first kappa shape index (κ1) is 17.1. The van der Waals surface area contributed by atoms with Crippen LogP contribution in [0.15, 0.2) is 53.4 Å². The van der Waals surface area contributed by atoms with Crippen LogP contribution in [0.3, 0.4) is 0 Å². The molecule has 0 aliphatic rings. The van der Waals surface area contributed by atoms with Gasteiger partial charge in [-0.15, -0.1) is 12.6 Å². The Morgan fingerprint density at radius 2 is 1.83 bits per heavy atom. The Morgan fingerprint density at radius 3 is 2.52 bits per heavy atom. The number of rotatable bonds is 5. The molecular weight excluding hydrogens is 313 g/mol. The van der Waals surface area contributed by atoms with E-state index in [-0.39, 0.29) is 31.5 Å². The third-order valence-corrected chi connectivity index (χ3v) is 3.19. The minimum atomic E-state index is -0.297. The molecule has 1 N–H and O–H groups in total. The summed E-state index contributed by atoms with van der Waals surface area (Å²) in [5.74, 6) is 5.26. The average molecular weight is 329 g/mol. The van der Waals surface area contributed by atoms with E-state index in [1.165, 1.54) is 12.1 Å². The van der Waals surface area contributed by atoms with Crippen molar-refractivity contribution in [2.24, 2.45) is 0 Å². The van der Waals surface area contributed by atoms with Gasteiger partial charge in [-0.05, 0) is 42.0 Å². The second kappa shape index (κ2) is 8.99. The van der Waals surface area contributed by atoms with Crippen LogP contribution in [0.25, 0.3) is 0 Å². The molecule has 23 heavy (non-hydrogen) atoms. The minimum Gasteiger partial charge on any atom is -0.367 e. The molecule has 0 fully saturated rings. The molecule has 0 aromatic heterocycles. The highest BCUT2D eigenvalue weighted by atomic mass is 32.1. The van der Waals surface area contributed by atoms with Gasteiger partial charge in [0.2, 0.25) is 5.91 Å². The zero-order valence-corrected chi connectivity index (χ0v) is 13.3. The highest BCUT2D eigenvalue weighted by molar-refractivity contribution is 7.80. The van der Waals surface area contributed by atoms with Crippen molar-refractivity contribution in [1.82, 2.24) is 5.32 Å². The number of hydrogen-bond acceptors (Lipinski definition) is 3. The van der Waals surface area contributed by atoms with Gasteiger partial charge in [0.25, 0.3) is 0 Å². The number of ether oxygens (including phenoxy) is 1. The SMILES string of the molecule is O=C(COCc1ccc(F)cc1)NCC#Cc1ccc(S)cc1. The predicted molar refractivity (Wildman–Crippen MR) is 89.6 cm³/mol. The van der Waals surface area contributed by atoms with E-state index in [4.69, 9.17) is 4.74 Å². The maximum Gasteiger partial charge on any atom is 0.246 e. The predicted octanol–water partition coefficient (Wildman–Crippen LogP) is 2.80. The number of amides is 1. The fourth-order valence-corrected chi connectivity index (χ4v) is 1.88. The van der Waals surface area contributed by atoms with Gasteiger partial charge in [0.1, 0.15) is 12.4 Å². The smallest absolute Gasteiger partial charge is 0.246 e. The standard InChI is InChI=1S/C18H16FNO2S/c19-16-7-3-15(4-8-16)12-22-13-18(21)20-11-1-2-14-5-9-17(23)10-6-14/h3-10,23H,11-13H2,(H,20,21). The van der Waals surface area contributed by atoms with Crippen molar-refractivity contribution in [3.63, 3.8) is 0 Å². The Balaban J connectivity index is 1.65. The largest absolute Gasteiger partial charge is 0.367 e. The second-order valence-corrected chi connectivity index (χ2v) is 5.26. The molecule has 0 radical (unpaired) electrons. The molecule has 0 aliphatic heterocycles. The number of halogens is 1. The van der Waals surface area contributed by atoms with E-state index in [2.05, 4.69) is 29.8 Å². The summed E-state index contributed by atoms with van der Waals surface area (Å²) in [4.78, 5) is 12.4. The van der Waals surface area contributed by atoms with E-state index < -0.39 is 0 Å². The molecule has 1 amide bonds. The third kappa shape index (κ3) is 6.55. The summed E-state index contributed by atoms with van der Waals surface area (Å²) in [6.07, 6.45) is 0. The van der Waals surface area contributed by atoms with Crippen LogP contribution in [0.1, 0.15) is 11.1 Å². The van der Waals surface area contributed by atoms with Gasteiger partial charge in [0.15, 0.2) is 0 Å². The first-order chi connectivity index (χ1) is 11.1. The summed E-state index contributed by atoms with van der Waals surface area (Å²) in [6.45, 7) is 0.449. The van der Waals surface area contributed by atoms with Gasteiger partial charge in [-0.25, -0.2) is 4.39 Å². The van der Waals surface area contributed by atoms with E-state index in [0.717, 1.165) is 16.0 Å². The van der Waals surface area contributed by atoms with Crippen molar-refractivity contribution < 1.29 is 13.9 Å². The van der Waals surface area contributed by atoms with Crippen molar-refractivity contribution in [3.05, 3.63) is 65.5 Å². The molecule has 0 saturated heterocycles. The average Bonchev–Trinajstić information content (AvgIpc) is 2.55. The van der Waals surface area contributed by atoms with Crippen LogP contribution in [-0.2, 0) is 16.1 Å². The Labute approximate surface area is 140 Å². The number of hydrogen-bond donors (Lipinski definition) is 2. The Kier molecular flexibility index (Phi) is 6.67. The van der Waals surface area contributed by atoms with E-state index in [1.807, 2.05) is 24.3 Å². The molecule has 0 unspecified atom stereocenters. The number of benzene rings is 2. The quantitative estimate of drug-likeness (QED) is 0.654. The molecule has 118 valence electrons. The van der Waals surface area contributed by atoms with Crippen LogP contribution in [0, 0.1) is 17.7 Å². The van der Waals surface area contributed by atoms with E-state index in [1.54, 1.807) is 12.1 Å². The Hall–Kier alpha value is -2.29. The lowest BCUT2D eigenvalue weighted by atomic mass is 10.2. The highest BCUT2D eigenvalue weighted by Crippen LogP contribution is 2.06. The van der Waals surface area contributed by atoms with Crippen molar-refractivity contribution in [3.8, 4) is 11.8 Å². The van der Waals surface area contributed by atoms with Gasteiger partial charge in [-0.3, -0.25) is 4.79 Å². The van der Waals surface area contributed by atoms with Gasteiger partial charge < -0.3 is 10.1 Å². The number of thiol groups is 1. The molecule has 2 aromatic rings. The summed E-state index contributed by atoms with van der Waals surface area (Å²) in [5.41, 5.74) is 1.68. The van der Waals surface area contributed by atoms with Gasteiger partial charge >= 0.3 is 0 Å². The van der Waals surface area contributed by atoms with E-state index in [0.29, 0.717) is 0 Å². The van der Waals surface area contributed by atoms with Crippen molar-refractivity contribution in [2.45, 2.75) is 11.5 Å². The van der Waals surface area contributed by atoms with Gasteiger partial charge in [-0.2, -0.15) is 0 Å². The first-order valence-corrected chi connectivity index (χ1v) is 7.45. The first-order valence-electron chi connectivity index (χ1n) is 7.00. The van der Waals surface area contributed by atoms with Crippen LogP contribution in [0.4, 0.5) is 4.39 Å². The van der Waals surface area contributed by atoms with Gasteiger partial charge in [0.05, 0.1) is 13.2 Å². The molecule has 0 saturated carbocycles. The van der Waals surface area contributed by atoms with Crippen molar-refractivity contribution >= 4 is 18.5 Å². The fraction of sp³-hybridized carbons (Fsp3) is 0.167. The molecule has 5 heteroatoms. The van der Waals surface area contributed by atoms with Crippen molar-refractivity contribution in [2.75, 3.05) is 13.2 Å². The summed E-state index contributed by atoms with van der Waals surface area (Å²) in [6, 6.07) is 13.4. The molecule has 0 atom stereocenters. The van der Waals surface area contributed by atoms with E-state index >= 15 is 0 Å². The molecule has 0 spiro atoms. The minimum absolute atomic E-state index is 0.0621. The number of nitrogens with one attached hydrogen (secondary N) is 1. The summed E-state index contributed by atoms with van der Waals surface area (Å²) < 4.78 is 18.0. The maximum atomic E-state index is 12.7. The van der Waals surface area contributed by atoms with Crippen LogP contribution in [0.5, 0.6) is 0 Å². The Morgan fingerprint density at radius 1 is 1.13 bits per heavy atom. The van der Waals surface area contributed by atoms with Gasteiger partial charge in [0, 0.05) is 10.5 Å². The van der Waals surface area contributed by atoms with Crippen LogP contribution >= 0.6 is 12.6 Å². The molecule has 0 heterocycles. The zero-order valence-electron chi connectivity index (χ0n) is 12.4. The third-order valence-electron chi connectivity index (χ3n) is 2.89. The van der Waals surface area contributed by atoms with Gasteiger partial charge in [-0.1, -0.05) is 24.0 Å². The number of carbonyl (C=O) groups is 1. The zero-order chi connectivity index (χ0) is 16.5. The fourth-order valence-electron chi connectivity index (χ4n) is 1.73. The molecule has 3 nitrogen and oxygen atoms in total. The maximum absolute atomic E-state index is 12.7. The summed E-state index contributed by atoms with van der Waals surface area (Å²) >= 11 is 4.19. The molecule has 2 rings (SSSR count). The lowest BCUT2D eigenvalue weighted by Gasteiger charge is -2.04. The van der Waals surface area contributed by atoms with Crippen molar-refractivity contribution in [1.29, 1.82) is 0 Å². The molecular formula is C18H16FNO2S. The number of carbonyl (C=O) groups excluding carboxylic acids is 1. The van der Waals surface area contributed by atoms with Crippen LogP contribution < -0.4 is 5.32 Å². The van der Waals surface area contributed by atoms with Crippen LogP contribution in [-0.4, -0.2) is 19.1 Å². The summed E-state index contributed by atoms with van der Waals surface area (Å²) in [5, 5.41) is 2.65. The van der Waals surface area contributed by atoms with E-state index in [9.17, 15) is 9.18 Å². The monoisotopic (exact) mass is 329 g/mol. The Bertz CT molecular complexity index is 703. The lowest BCUT2D eigenvalue weighted by molar-refractivity contribution is -0.125. The normalized spacial score (nSPS) is 9.83. The summed E-state index contributed by atoms with van der Waals surface area (Å²) in [7, 11) is 0.